The lowest BCUT2D eigenvalue weighted by Crippen LogP contribution is -2.32. The van der Waals surface area contributed by atoms with Crippen LogP contribution in [0, 0.1) is 5.92 Å². The molecule has 4 atom stereocenters. The van der Waals surface area contributed by atoms with Crippen molar-refractivity contribution >= 4 is 23.3 Å². The van der Waals surface area contributed by atoms with Gasteiger partial charge in [-0.1, -0.05) is 6.92 Å². The van der Waals surface area contributed by atoms with Crippen LogP contribution < -0.4 is 11.1 Å². The number of aromatic nitrogens is 2. The molecular weight excluding hydrogens is 268 g/mol. The third-order valence-corrected chi connectivity index (χ3v) is 3.97. The second kappa shape index (κ2) is 5.91. The van der Waals surface area contributed by atoms with Gasteiger partial charge >= 0.3 is 0 Å². The number of nitrogen functional groups attached to an aromatic ring is 1. The molecule has 0 saturated carbocycles. The van der Waals surface area contributed by atoms with Gasteiger partial charge in [-0.3, -0.25) is 0 Å². The SMILES string of the molecule is CSc1ncnc(N[C@@H]2O[C@H](CO)[C@@H](C)[C@H]2O)c1N. The molecule has 1 saturated heterocycles. The number of hydrogen-bond donors (Lipinski definition) is 4. The van der Waals surface area contributed by atoms with Crippen molar-refractivity contribution in [1.82, 2.24) is 9.97 Å². The first-order valence-corrected chi connectivity index (χ1v) is 7.16. The van der Waals surface area contributed by atoms with Crippen molar-refractivity contribution in [2.24, 2.45) is 5.92 Å². The second-order valence-electron chi connectivity index (χ2n) is 4.42. The maximum atomic E-state index is 10.0. The van der Waals surface area contributed by atoms with E-state index in [0.29, 0.717) is 16.5 Å². The van der Waals surface area contributed by atoms with Crippen molar-refractivity contribution in [2.45, 2.75) is 30.4 Å². The summed E-state index contributed by atoms with van der Waals surface area (Å²) in [6, 6.07) is 0. The molecule has 0 bridgehead atoms. The van der Waals surface area contributed by atoms with Crippen molar-refractivity contribution in [3.63, 3.8) is 0 Å². The Bertz CT molecular complexity index is 448. The van der Waals surface area contributed by atoms with E-state index >= 15 is 0 Å². The van der Waals surface area contributed by atoms with Crippen LogP contribution in [0.5, 0.6) is 0 Å². The van der Waals surface area contributed by atoms with Crippen LogP contribution in [0.4, 0.5) is 11.5 Å². The van der Waals surface area contributed by atoms with E-state index in [1.165, 1.54) is 18.1 Å². The zero-order valence-corrected chi connectivity index (χ0v) is 11.6. The highest BCUT2D eigenvalue weighted by atomic mass is 32.2. The Labute approximate surface area is 115 Å². The molecule has 2 heterocycles. The molecule has 1 fully saturated rings. The minimum absolute atomic E-state index is 0.133. The van der Waals surface area contributed by atoms with E-state index in [0.717, 1.165) is 0 Å². The highest BCUT2D eigenvalue weighted by molar-refractivity contribution is 7.98. The molecule has 5 N–H and O–H groups in total. The van der Waals surface area contributed by atoms with Crippen LogP contribution in [0.15, 0.2) is 11.4 Å². The molecular formula is C11H18N4O3S. The summed E-state index contributed by atoms with van der Waals surface area (Å²) in [5, 5.41) is 22.8. The Morgan fingerprint density at radius 1 is 1.53 bits per heavy atom. The number of ether oxygens (including phenoxy) is 1. The van der Waals surface area contributed by atoms with Crippen molar-refractivity contribution < 1.29 is 14.9 Å². The van der Waals surface area contributed by atoms with E-state index < -0.39 is 18.4 Å². The quantitative estimate of drug-likeness (QED) is 0.448. The van der Waals surface area contributed by atoms with Gasteiger partial charge < -0.3 is 26.0 Å². The molecule has 1 aliphatic rings. The van der Waals surface area contributed by atoms with Gasteiger partial charge in [0.05, 0.1) is 12.7 Å². The number of rotatable bonds is 4. The zero-order chi connectivity index (χ0) is 14.0. The average Bonchev–Trinajstić information content (AvgIpc) is 2.69. The lowest BCUT2D eigenvalue weighted by atomic mass is 10.0. The number of nitrogens with two attached hydrogens (primary N) is 1. The molecule has 0 aromatic carbocycles. The van der Waals surface area contributed by atoms with Crippen molar-refractivity contribution in [3.05, 3.63) is 6.33 Å². The number of aliphatic hydroxyl groups is 2. The molecule has 2 rings (SSSR count). The first-order chi connectivity index (χ1) is 9.08. The van der Waals surface area contributed by atoms with Gasteiger partial charge in [0.2, 0.25) is 0 Å². The normalized spacial score (nSPS) is 30.5. The molecule has 106 valence electrons. The van der Waals surface area contributed by atoms with E-state index in [-0.39, 0.29) is 12.5 Å². The number of nitrogens with zero attached hydrogens (tertiary/aromatic N) is 2. The Kier molecular flexibility index (Phi) is 4.46. The molecule has 7 nitrogen and oxygen atoms in total. The predicted octanol–water partition coefficient (Wildman–Crippen LogP) is -0.0932. The minimum Gasteiger partial charge on any atom is -0.394 e. The van der Waals surface area contributed by atoms with Gasteiger partial charge in [-0.2, -0.15) is 0 Å². The van der Waals surface area contributed by atoms with Gasteiger partial charge in [0, 0.05) is 5.92 Å². The highest BCUT2D eigenvalue weighted by Crippen LogP contribution is 2.30. The maximum absolute atomic E-state index is 10.0. The van der Waals surface area contributed by atoms with Gasteiger partial charge in [0.15, 0.2) is 12.0 Å². The van der Waals surface area contributed by atoms with Gasteiger partial charge in [-0.15, -0.1) is 11.8 Å². The number of nitrogens with one attached hydrogen (secondary N) is 1. The molecule has 0 radical (unpaired) electrons. The number of hydrogen-bond acceptors (Lipinski definition) is 8. The fraction of sp³-hybridized carbons (Fsp3) is 0.636. The first kappa shape index (κ1) is 14.3. The molecule has 1 aliphatic heterocycles. The number of thioether (sulfide) groups is 1. The van der Waals surface area contributed by atoms with Gasteiger partial charge in [0.25, 0.3) is 0 Å². The summed E-state index contributed by atoms with van der Waals surface area (Å²) in [5.74, 6) is 0.264. The summed E-state index contributed by atoms with van der Waals surface area (Å²) in [4.78, 5) is 8.09. The van der Waals surface area contributed by atoms with Crippen LogP contribution in [0.1, 0.15) is 6.92 Å². The summed E-state index contributed by atoms with van der Waals surface area (Å²) < 4.78 is 5.53. The number of anilines is 2. The molecule has 8 heteroatoms. The van der Waals surface area contributed by atoms with Crippen LogP contribution in [-0.2, 0) is 4.74 Å². The largest absolute Gasteiger partial charge is 0.394 e. The Morgan fingerprint density at radius 2 is 2.26 bits per heavy atom. The molecule has 0 amide bonds. The molecule has 0 aliphatic carbocycles. The highest BCUT2D eigenvalue weighted by Gasteiger charge is 2.40. The number of aliphatic hydroxyl groups excluding tert-OH is 2. The summed E-state index contributed by atoms with van der Waals surface area (Å²) in [5.41, 5.74) is 6.35. The van der Waals surface area contributed by atoms with Crippen LogP contribution in [0.25, 0.3) is 0 Å². The smallest absolute Gasteiger partial charge is 0.155 e. The van der Waals surface area contributed by atoms with Crippen molar-refractivity contribution in [1.29, 1.82) is 0 Å². The molecule has 0 spiro atoms. The summed E-state index contributed by atoms with van der Waals surface area (Å²) in [6.07, 6.45) is 1.50. The maximum Gasteiger partial charge on any atom is 0.155 e. The Balaban J connectivity index is 2.14. The van der Waals surface area contributed by atoms with Gasteiger partial charge in [0.1, 0.15) is 23.1 Å². The Morgan fingerprint density at radius 3 is 2.84 bits per heavy atom. The van der Waals surface area contributed by atoms with Gasteiger partial charge in [-0.25, -0.2) is 9.97 Å². The van der Waals surface area contributed by atoms with E-state index in [1.807, 2.05) is 13.2 Å². The van der Waals surface area contributed by atoms with Crippen LogP contribution >= 0.6 is 11.8 Å². The van der Waals surface area contributed by atoms with E-state index in [4.69, 9.17) is 15.6 Å². The van der Waals surface area contributed by atoms with Crippen LogP contribution in [-0.4, -0.2) is 51.5 Å². The average molecular weight is 286 g/mol. The third kappa shape index (κ3) is 2.76. The minimum atomic E-state index is -0.732. The Hall–Kier alpha value is -1.09. The van der Waals surface area contributed by atoms with Crippen LogP contribution in [0.2, 0.25) is 0 Å². The van der Waals surface area contributed by atoms with Crippen LogP contribution in [0.3, 0.4) is 0 Å². The third-order valence-electron chi connectivity index (χ3n) is 3.26. The summed E-state index contributed by atoms with van der Waals surface area (Å²) >= 11 is 1.41. The molecule has 19 heavy (non-hydrogen) atoms. The second-order valence-corrected chi connectivity index (χ2v) is 5.21. The standard InChI is InChI=1S/C11H18N4O3S/c1-5-6(3-16)18-10(8(5)17)15-9-7(12)11(19-2)14-4-13-9/h4-6,8,10,16-17H,3,12H2,1-2H3,(H,13,14,15)/t5-,6-,8-,10-/m1/s1. The van der Waals surface area contributed by atoms with E-state index in [9.17, 15) is 5.11 Å². The lowest BCUT2D eigenvalue weighted by molar-refractivity contribution is 0.00252. The van der Waals surface area contributed by atoms with Gasteiger partial charge in [-0.05, 0) is 6.26 Å². The molecule has 1 aromatic rings. The predicted molar refractivity (Wildman–Crippen MR) is 72.8 cm³/mol. The molecule has 1 aromatic heterocycles. The fourth-order valence-electron chi connectivity index (χ4n) is 2.01. The lowest BCUT2D eigenvalue weighted by Gasteiger charge is -2.18. The fourth-order valence-corrected chi connectivity index (χ4v) is 2.48. The van der Waals surface area contributed by atoms with E-state index in [1.54, 1.807) is 0 Å². The van der Waals surface area contributed by atoms with Crippen molar-refractivity contribution in [3.8, 4) is 0 Å². The topological polar surface area (TPSA) is 114 Å². The van der Waals surface area contributed by atoms with Crippen molar-refractivity contribution in [2.75, 3.05) is 23.9 Å². The first-order valence-electron chi connectivity index (χ1n) is 5.93. The molecule has 0 unspecified atom stereocenters. The summed E-state index contributed by atoms with van der Waals surface area (Å²) in [7, 11) is 0. The van der Waals surface area contributed by atoms with E-state index in [2.05, 4.69) is 15.3 Å². The summed E-state index contributed by atoms with van der Waals surface area (Å²) in [6.45, 7) is 1.69. The zero-order valence-electron chi connectivity index (χ0n) is 10.8. The monoisotopic (exact) mass is 286 g/mol.